The van der Waals surface area contributed by atoms with Gasteiger partial charge in [-0.25, -0.2) is 9.78 Å². The summed E-state index contributed by atoms with van der Waals surface area (Å²) in [6.07, 6.45) is 1.23. The second-order valence-electron chi connectivity index (χ2n) is 6.31. The van der Waals surface area contributed by atoms with Crippen LogP contribution < -0.4 is 0 Å². The van der Waals surface area contributed by atoms with E-state index in [1.165, 1.54) is 21.8 Å². The highest BCUT2D eigenvalue weighted by Crippen LogP contribution is 2.27. The summed E-state index contributed by atoms with van der Waals surface area (Å²) in [6.45, 7) is 4.76. The number of carboxylic acids is 1. The first-order valence-electron chi connectivity index (χ1n) is 8.07. The van der Waals surface area contributed by atoms with Crippen molar-refractivity contribution in [2.24, 2.45) is 0 Å². The number of carbonyl (C=O) groups is 2. The molecular formula is C18H20N2O3S. The first kappa shape index (κ1) is 16.6. The van der Waals surface area contributed by atoms with E-state index in [4.69, 9.17) is 0 Å². The molecule has 1 aromatic heterocycles. The first-order chi connectivity index (χ1) is 11.5. The highest BCUT2D eigenvalue weighted by Gasteiger charge is 2.35. The number of thiazole rings is 1. The van der Waals surface area contributed by atoms with Crippen LogP contribution in [0.5, 0.6) is 0 Å². The van der Waals surface area contributed by atoms with Gasteiger partial charge >= 0.3 is 5.97 Å². The van der Waals surface area contributed by atoms with Crippen molar-refractivity contribution in [1.82, 2.24) is 9.88 Å². The molecule has 0 spiro atoms. The maximum atomic E-state index is 12.6. The molecule has 0 bridgehead atoms. The Bertz CT molecular complexity index is 752. The summed E-state index contributed by atoms with van der Waals surface area (Å²) in [4.78, 5) is 29.7. The minimum absolute atomic E-state index is 0.291. The maximum absolute atomic E-state index is 12.6. The van der Waals surface area contributed by atoms with Crippen LogP contribution in [0.4, 0.5) is 0 Å². The lowest BCUT2D eigenvalue weighted by Crippen LogP contribution is -2.40. The van der Waals surface area contributed by atoms with E-state index in [0.29, 0.717) is 24.6 Å². The molecule has 0 saturated carbocycles. The van der Waals surface area contributed by atoms with Crippen molar-refractivity contribution in [2.45, 2.75) is 38.6 Å². The highest BCUT2D eigenvalue weighted by molar-refractivity contribution is 7.13. The van der Waals surface area contributed by atoms with Gasteiger partial charge in [-0.1, -0.05) is 38.1 Å². The average molecular weight is 344 g/mol. The number of rotatable bonds is 4. The lowest BCUT2D eigenvalue weighted by Gasteiger charge is -2.20. The van der Waals surface area contributed by atoms with Gasteiger partial charge in [0.25, 0.3) is 5.91 Å². The maximum Gasteiger partial charge on any atom is 0.326 e. The van der Waals surface area contributed by atoms with Crippen molar-refractivity contribution < 1.29 is 14.7 Å². The third-order valence-electron chi connectivity index (χ3n) is 4.35. The van der Waals surface area contributed by atoms with E-state index in [0.717, 1.165) is 17.0 Å². The Morgan fingerprint density at radius 2 is 2.00 bits per heavy atom. The van der Waals surface area contributed by atoms with Gasteiger partial charge in [0.05, 0.1) is 0 Å². The van der Waals surface area contributed by atoms with Crippen molar-refractivity contribution in [3.63, 3.8) is 0 Å². The van der Waals surface area contributed by atoms with Crippen LogP contribution in [0.1, 0.15) is 48.7 Å². The fourth-order valence-corrected chi connectivity index (χ4v) is 3.73. The minimum atomic E-state index is -0.944. The zero-order chi connectivity index (χ0) is 17.3. The molecule has 2 aromatic rings. The average Bonchev–Trinajstić information content (AvgIpc) is 3.24. The lowest BCUT2D eigenvalue weighted by molar-refractivity contribution is -0.141. The fourth-order valence-electron chi connectivity index (χ4n) is 2.93. The van der Waals surface area contributed by atoms with Gasteiger partial charge in [-0.2, -0.15) is 0 Å². The van der Waals surface area contributed by atoms with Crippen LogP contribution in [0.25, 0.3) is 10.6 Å². The second kappa shape index (κ2) is 6.73. The zero-order valence-corrected chi connectivity index (χ0v) is 14.5. The summed E-state index contributed by atoms with van der Waals surface area (Å²) in [7, 11) is 0. The first-order valence-corrected chi connectivity index (χ1v) is 8.95. The Hall–Kier alpha value is -2.21. The van der Waals surface area contributed by atoms with E-state index < -0.39 is 12.0 Å². The number of likely N-dealkylation sites (tertiary alicyclic amines) is 1. The van der Waals surface area contributed by atoms with Crippen LogP contribution in [0.15, 0.2) is 29.6 Å². The third kappa shape index (κ3) is 3.19. The molecule has 3 rings (SSSR count). The zero-order valence-electron chi connectivity index (χ0n) is 13.7. The van der Waals surface area contributed by atoms with Crippen LogP contribution in [0, 0.1) is 0 Å². The number of carbonyl (C=O) groups excluding carboxylic acids is 1. The number of hydrogen-bond acceptors (Lipinski definition) is 4. The van der Waals surface area contributed by atoms with Crippen LogP contribution in [-0.4, -0.2) is 39.5 Å². The minimum Gasteiger partial charge on any atom is -0.480 e. The molecular weight excluding hydrogens is 324 g/mol. The molecule has 1 fully saturated rings. The number of hydrogen-bond donors (Lipinski definition) is 1. The molecule has 1 N–H and O–H groups in total. The van der Waals surface area contributed by atoms with Gasteiger partial charge in [0.15, 0.2) is 0 Å². The summed E-state index contributed by atoms with van der Waals surface area (Å²) in [6, 6.07) is 7.44. The highest BCUT2D eigenvalue weighted by atomic mass is 32.1. The van der Waals surface area contributed by atoms with E-state index in [-0.39, 0.29) is 5.91 Å². The summed E-state index contributed by atoms with van der Waals surface area (Å²) >= 11 is 1.41. The molecule has 1 aromatic carbocycles. The molecule has 1 unspecified atom stereocenters. The van der Waals surface area contributed by atoms with Crippen LogP contribution >= 0.6 is 11.3 Å². The summed E-state index contributed by atoms with van der Waals surface area (Å²) in [5.41, 5.74) is 2.56. The topological polar surface area (TPSA) is 70.5 Å². The predicted molar refractivity (Wildman–Crippen MR) is 93.3 cm³/mol. The van der Waals surface area contributed by atoms with Gasteiger partial charge in [0.1, 0.15) is 16.7 Å². The SMILES string of the molecule is CC(C)c1ccc(-c2nc(C(=O)N3CCCC3C(=O)O)cs2)cc1. The molecule has 6 heteroatoms. The molecule has 126 valence electrons. The van der Waals surface area contributed by atoms with Gasteiger partial charge in [0, 0.05) is 17.5 Å². The molecule has 24 heavy (non-hydrogen) atoms. The lowest BCUT2D eigenvalue weighted by atomic mass is 10.0. The van der Waals surface area contributed by atoms with Gasteiger partial charge in [-0.15, -0.1) is 11.3 Å². The van der Waals surface area contributed by atoms with Crippen molar-refractivity contribution >= 4 is 23.2 Å². The largest absolute Gasteiger partial charge is 0.480 e. The standard InChI is InChI=1S/C18H20N2O3S/c1-11(2)12-5-7-13(8-6-12)16-19-14(10-24-16)17(21)20-9-3-4-15(20)18(22)23/h5-8,10-11,15H,3-4,9H2,1-2H3,(H,22,23). The second-order valence-corrected chi connectivity index (χ2v) is 7.17. The van der Waals surface area contributed by atoms with Gasteiger partial charge in [-0.3, -0.25) is 4.79 Å². The molecule has 1 atom stereocenters. The van der Waals surface area contributed by atoms with Crippen molar-refractivity contribution in [2.75, 3.05) is 6.54 Å². The van der Waals surface area contributed by atoms with Gasteiger partial charge in [-0.05, 0) is 24.3 Å². The predicted octanol–water partition coefficient (Wildman–Crippen LogP) is 3.62. The Morgan fingerprint density at radius 1 is 1.29 bits per heavy atom. The smallest absolute Gasteiger partial charge is 0.326 e. The van der Waals surface area contributed by atoms with Crippen molar-refractivity contribution in [3.05, 3.63) is 40.9 Å². The molecule has 1 amide bonds. The van der Waals surface area contributed by atoms with Gasteiger partial charge in [0.2, 0.25) is 0 Å². The monoisotopic (exact) mass is 344 g/mol. The van der Waals surface area contributed by atoms with E-state index in [1.807, 2.05) is 12.1 Å². The fraction of sp³-hybridized carbons (Fsp3) is 0.389. The summed E-state index contributed by atoms with van der Waals surface area (Å²) in [5, 5.41) is 11.7. The quantitative estimate of drug-likeness (QED) is 0.919. The Kier molecular flexibility index (Phi) is 4.66. The van der Waals surface area contributed by atoms with E-state index >= 15 is 0 Å². The van der Waals surface area contributed by atoms with Crippen LogP contribution in [0.2, 0.25) is 0 Å². The van der Waals surface area contributed by atoms with Crippen LogP contribution in [-0.2, 0) is 4.79 Å². The van der Waals surface area contributed by atoms with Crippen molar-refractivity contribution in [1.29, 1.82) is 0 Å². The molecule has 5 nitrogen and oxygen atoms in total. The summed E-state index contributed by atoms with van der Waals surface area (Å²) < 4.78 is 0. The number of benzene rings is 1. The van der Waals surface area contributed by atoms with E-state index in [2.05, 4.69) is 31.0 Å². The molecule has 0 aliphatic carbocycles. The molecule has 0 radical (unpaired) electrons. The molecule has 1 aliphatic heterocycles. The van der Waals surface area contributed by atoms with Gasteiger partial charge < -0.3 is 10.0 Å². The number of amides is 1. The number of nitrogens with zero attached hydrogens (tertiary/aromatic N) is 2. The van der Waals surface area contributed by atoms with E-state index in [1.54, 1.807) is 5.38 Å². The molecule has 2 heterocycles. The molecule has 1 saturated heterocycles. The Labute approximate surface area is 145 Å². The van der Waals surface area contributed by atoms with Crippen molar-refractivity contribution in [3.8, 4) is 10.6 Å². The number of aromatic nitrogens is 1. The van der Waals surface area contributed by atoms with E-state index in [9.17, 15) is 14.7 Å². The Morgan fingerprint density at radius 3 is 2.62 bits per heavy atom. The van der Waals surface area contributed by atoms with Crippen LogP contribution in [0.3, 0.4) is 0 Å². The third-order valence-corrected chi connectivity index (χ3v) is 5.24. The normalized spacial score (nSPS) is 17.5. The molecule has 1 aliphatic rings. The number of aliphatic carboxylic acids is 1. The number of carboxylic acid groups (broad SMARTS) is 1. The Balaban J connectivity index is 1.80. The summed E-state index contributed by atoms with van der Waals surface area (Å²) in [5.74, 6) is -0.766.